The van der Waals surface area contributed by atoms with Crippen LogP contribution in [0.3, 0.4) is 0 Å². The zero-order chi connectivity index (χ0) is 22.4. The Kier molecular flexibility index (Phi) is 5.17. The summed E-state index contributed by atoms with van der Waals surface area (Å²) in [5.74, 6) is -0.408. The minimum Gasteiger partial charge on any atom is -0.366 e. The second-order valence-corrected chi connectivity index (χ2v) is 9.13. The molecule has 32 heavy (non-hydrogen) atoms. The molecule has 1 aliphatic heterocycles. The summed E-state index contributed by atoms with van der Waals surface area (Å²) in [6, 6.07) is 13.7. The monoisotopic (exact) mass is 450 g/mol. The lowest BCUT2D eigenvalue weighted by atomic mass is 10.1. The number of aromatic nitrogens is 2. The number of carbonyl (C=O) groups is 1. The van der Waals surface area contributed by atoms with Gasteiger partial charge in [-0.3, -0.25) is 9.59 Å². The van der Waals surface area contributed by atoms with Crippen LogP contribution in [-0.2, 0) is 4.79 Å². The summed E-state index contributed by atoms with van der Waals surface area (Å²) in [6.07, 6.45) is 0. The molecule has 0 N–H and O–H groups in total. The van der Waals surface area contributed by atoms with Crippen LogP contribution in [0.2, 0.25) is 0 Å². The van der Waals surface area contributed by atoms with E-state index in [2.05, 4.69) is 5.10 Å². The highest BCUT2D eigenvalue weighted by Crippen LogP contribution is 2.33. The predicted octanol–water partition coefficient (Wildman–Crippen LogP) is 3.97. The number of halogens is 1. The number of fused-ring (bicyclic) bond motifs is 3. The van der Waals surface area contributed by atoms with Crippen molar-refractivity contribution in [2.75, 3.05) is 31.1 Å². The van der Waals surface area contributed by atoms with Crippen LogP contribution >= 0.6 is 11.3 Å². The first-order valence-electron chi connectivity index (χ1n) is 10.6. The lowest BCUT2D eigenvalue weighted by Gasteiger charge is -2.37. The van der Waals surface area contributed by atoms with E-state index in [4.69, 9.17) is 0 Å². The van der Waals surface area contributed by atoms with Gasteiger partial charge in [-0.05, 0) is 32.0 Å². The van der Waals surface area contributed by atoms with Crippen LogP contribution in [0.1, 0.15) is 18.7 Å². The van der Waals surface area contributed by atoms with Gasteiger partial charge in [0.25, 0.3) is 5.56 Å². The van der Waals surface area contributed by atoms with E-state index in [9.17, 15) is 14.0 Å². The normalized spacial score (nSPS) is 15.5. The summed E-state index contributed by atoms with van der Waals surface area (Å²) in [6.45, 7) is 5.60. The molecule has 0 saturated carbocycles. The van der Waals surface area contributed by atoms with Crippen molar-refractivity contribution in [1.29, 1.82) is 0 Å². The predicted molar refractivity (Wildman–Crippen MR) is 126 cm³/mol. The minimum absolute atomic E-state index is 0.147. The Morgan fingerprint density at radius 2 is 1.75 bits per heavy atom. The Bertz CT molecular complexity index is 1390. The molecule has 6 nitrogen and oxygen atoms in total. The van der Waals surface area contributed by atoms with Crippen LogP contribution in [0.15, 0.2) is 53.3 Å². The smallest absolute Gasteiger partial charge is 0.276 e. The number of carbonyl (C=O) groups excluding carboxylic acids is 1. The van der Waals surface area contributed by atoms with Crippen LogP contribution < -0.4 is 10.5 Å². The highest BCUT2D eigenvalue weighted by molar-refractivity contribution is 7.26. The third kappa shape index (κ3) is 3.35. The van der Waals surface area contributed by atoms with E-state index < -0.39 is 6.04 Å². The number of hydrogen-bond acceptors (Lipinski definition) is 5. The minimum atomic E-state index is -0.718. The van der Waals surface area contributed by atoms with Crippen LogP contribution in [0, 0.1) is 12.7 Å². The number of para-hydroxylation sites is 1. The molecule has 4 aromatic rings. The molecule has 3 heterocycles. The van der Waals surface area contributed by atoms with Crippen LogP contribution in [0.25, 0.3) is 20.2 Å². The fraction of sp³-hybridized carbons (Fsp3) is 0.292. The first kappa shape index (κ1) is 20.6. The van der Waals surface area contributed by atoms with E-state index in [1.165, 1.54) is 10.7 Å². The average molecular weight is 451 g/mol. The van der Waals surface area contributed by atoms with Gasteiger partial charge in [0.2, 0.25) is 5.91 Å². The molecule has 0 bridgehead atoms. The number of aryl methyl sites for hydroxylation is 1. The van der Waals surface area contributed by atoms with E-state index in [1.807, 2.05) is 42.2 Å². The maximum Gasteiger partial charge on any atom is 0.276 e. The molecule has 0 spiro atoms. The lowest BCUT2D eigenvalue weighted by Crippen LogP contribution is -2.51. The van der Waals surface area contributed by atoms with E-state index in [0.717, 1.165) is 20.5 Å². The standard InChI is InChI=1S/C24H23FN4O2S/c1-15-22-21(17-7-3-6-10-20(17)32-22)24(31)29(26-15)16(2)23(30)28-13-11-27(12-14-28)19-9-5-4-8-18(19)25/h3-10,16H,11-14H2,1-2H3/t16-/m1/s1. The molecule has 0 unspecified atom stereocenters. The molecule has 2 aromatic heterocycles. The van der Waals surface area contributed by atoms with Gasteiger partial charge in [-0.25, -0.2) is 9.07 Å². The summed E-state index contributed by atoms with van der Waals surface area (Å²) in [5.41, 5.74) is 1.05. The average Bonchev–Trinajstić information content (AvgIpc) is 3.22. The second kappa shape index (κ2) is 8.02. The molecule has 1 saturated heterocycles. The third-order valence-corrected chi connectivity index (χ3v) is 7.39. The number of anilines is 1. The summed E-state index contributed by atoms with van der Waals surface area (Å²) in [7, 11) is 0. The number of nitrogens with zero attached hydrogens (tertiary/aromatic N) is 4. The summed E-state index contributed by atoms with van der Waals surface area (Å²) in [4.78, 5) is 30.3. The Balaban J connectivity index is 1.41. The van der Waals surface area contributed by atoms with Crippen molar-refractivity contribution in [3.05, 3.63) is 70.4 Å². The molecule has 0 aliphatic carbocycles. The second-order valence-electron chi connectivity index (χ2n) is 8.08. The van der Waals surface area contributed by atoms with Crippen molar-refractivity contribution >= 4 is 43.1 Å². The molecule has 1 fully saturated rings. The summed E-state index contributed by atoms with van der Waals surface area (Å²) in [5, 5.41) is 6.02. The maximum atomic E-state index is 14.1. The molecular formula is C24H23FN4O2S. The first-order chi connectivity index (χ1) is 15.5. The van der Waals surface area contributed by atoms with Gasteiger partial charge in [-0.1, -0.05) is 30.3 Å². The van der Waals surface area contributed by atoms with Gasteiger partial charge in [-0.2, -0.15) is 5.10 Å². The fourth-order valence-electron chi connectivity index (χ4n) is 4.39. The number of benzene rings is 2. The molecule has 1 atom stereocenters. The van der Waals surface area contributed by atoms with Gasteiger partial charge in [-0.15, -0.1) is 11.3 Å². The molecule has 8 heteroatoms. The van der Waals surface area contributed by atoms with Gasteiger partial charge < -0.3 is 9.80 Å². The van der Waals surface area contributed by atoms with Crippen LogP contribution in [-0.4, -0.2) is 46.8 Å². The quantitative estimate of drug-likeness (QED) is 0.474. The highest BCUT2D eigenvalue weighted by Gasteiger charge is 2.29. The molecule has 1 amide bonds. The summed E-state index contributed by atoms with van der Waals surface area (Å²) >= 11 is 1.55. The first-order valence-corrected chi connectivity index (χ1v) is 11.5. The van der Waals surface area contributed by atoms with Crippen molar-refractivity contribution < 1.29 is 9.18 Å². The molecule has 5 rings (SSSR count). The SMILES string of the molecule is Cc1nn([C@H](C)C(=O)N2CCN(c3ccccc3F)CC2)c(=O)c2c1sc1ccccc12. The fourth-order valence-corrected chi connectivity index (χ4v) is 5.52. The van der Waals surface area contributed by atoms with Gasteiger partial charge in [0.1, 0.15) is 11.9 Å². The van der Waals surface area contributed by atoms with E-state index in [-0.39, 0.29) is 17.3 Å². The molecule has 0 radical (unpaired) electrons. The molecule has 164 valence electrons. The zero-order valence-electron chi connectivity index (χ0n) is 17.9. The van der Waals surface area contributed by atoms with Crippen molar-refractivity contribution in [2.24, 2.45) is 0 Å². The molecule has 1 aliphatic rings. The van der Waals surface area contributed by atoms with E-state index in [0.29, 0.717) is 37.3 Å². The Morgan fingerprint density at radius 1 is 1.06 bits per heavy atom. The van der Waals surface area contributed by atoms with E-state index in [1.54, 1.807) is 35.3 Å². The third-order valence-electron chi connectivity index (χ3n) is 6.11. The topological polar surface area (TPSA) is 58.4 Å². The van der Waals surface area contributed by atoms with Crippen molar-refractivity contribution in [3.8, 4) is 0 Å². The lowest BCUT2D eigenvalue weighted by molar-refractivity contribution is -0.135. The van der Waals surface area contributed by atoms with Crippen molar-refractivity contribution in [3.63, 3.8) is 0 Å². The Hall–Kier alpha value is -3.26. The van der Waals surface area contributed by atoms with Crippen LogP contribution in [0.4, 0.5) is 10.1 Å². The van der Waals surface area contributed by atoms with Gasteiger partial charge in [0, 0.05) is 36.3 Å². The zero-order valence-corrected chi connectivity index (χ0v) is 18.7. The maximum absolute atomic E-state index is 14.1. The van der Waals surface area contributed by atoms with Gasteiger partial charge in [0.05, 0.1) is 21.5 Å². The number of hydrogen-bond donors (Lipinski definition) is 0. The molecule has 2 aromatic carbocycles. The van der Waals surface area contributed by atoms with Gasteiger partial charge >= 0.3 is 0 Å². The number of piperazine rings is 1. The van der Waals surface area contributed by atoms with Crippen molar-refractivity contribution in [1.82, 2.24) is 14.7 Å². The van der Waals surface area contributed by atoms with Gasteiger partial charge in [0.15, 0.2) is 0 Å². The number of rotatable bonds is 3. The Morgan fingerprint density at radius 3 is 2.50 bits per heavy atom. The highest BCUT2D eigenvalue weighted by atomic mass is 32.1. The largest absolute Gasteiger partial charge is 0.366 e. The number of thiophene rings is 1. The van der Waals surface area contributed by atoms with E-state index >= 15 is 0 Å². The van der Waals surface area contributed by atoms with Crippen LogP contribution in [0.5, 0.6) is 0 Å². The Labute approximate surface area is 188 Å². The van der Waals surface area contributed by atoms with Crippen molar-refractivity contribution in [2.45, 2.75) is 19.9 Å². The number of amides is 1. The molecular weight excluding hydrogens is 427 g/mol. The summed E-state index contributed by atoms with van der Waals surface area (Å²) < 4.78 is 17.3.